The lowest BCUT2D eigenvalue weighted by Gasteiger charge is -2.43. The first-order chi connectivity index (χ1) is 10.9. The minimum atomic E-state index is 0.116. The Morgan fingerprint density at radius 2 is 2.04 bits per heavy atom. The third-order valence-electron chi connectivity index (χ3n) is 5.47. The van der Waals surface area contributed by atoms with Crippen LogP contribution in [0.25, 0.3) is 0 Å². The third-order valence-corrected chi connectivity index (χ3v) is 7.21. The summed E-state index contributed by atoms with van der Waals surface area (Å²) >= 11 is 1.98. The number of rotatable bonds is 3. The summed E-state index contributed by atoms with van der Waals surface area (Å²) in [6.45, 7) is 7.76. The minimum Gasteiger partial charge on any atom is -0.497 e. The van der Waals surface area contributed by atoms with Crippen molar-refractivity contribution in [3.05, 3.63) is 29.8 Å². The number of hydrogen-bond acceptors (Lipinski definition) is 3. The Labute approximate surface area is 144 Å². The maximum absolute atomic E-state index is 5.29. The highest BCUT2D eigenvalue weighted by Crippen LogP contribution is 2.52. The molecule has 1 saturated carbocycles. The Morgan fingerprint density at radius 1 is 1.30 bits per heavy atom. The summed E-state index contributed by atoms with van der Waals surface area (Å²) in [6.07, 6.45) is 5.25. The highest BCUT2D eigenvalue weighted by molar-refractivity contribution is 8.15. The van der Waals surface area contributed by atoms with Crippen LogP contribution in [0.5, 0.6) is 5.75 Å². The van der Waals surface area contributed by atoms with Gasteiger partial charge in [0.25, 0.3) is 0 Å². The van der Waals surface area contributed by atoms with Crippen molar-refractivity contribution in [1.82, 2.24) is 5.32 Å². The van der Waals surface area contributed by atoms with Crippen molar-refractivity contribution in [3.63, 3.8) is 0 Å². The third kappa shape index (κ3) is 3.37. The van der Waals surface area contributed by atoms with Crippen molar-refractivity contribution in [1.29, 1.82) is 0 Å². The van der Waals surface area contributed by atoms with Crippen LogP contribution in [-0.2, 0) is 6.54 Å². The second kappa shape index (κ2) is 6.39. The van der Waals surface area contributed by atoms with Crippen LogP contribution in [0, 0.1) is 5.92 Å². The summed E-state index contributed by atoms with van der Waals surface area (Å²) in [5.41, 5.74) is 1.31. The van der Waals surface area contributed by atoms with E-state index in [0.717, 1.165) is 16.8 Å². The van der Waals surface area contributed by atoms with Crippen LogP contribution in [0.4, 0.5) is 0 Å². The van der Waals surface area contributed by atoms with Gasteiger partial charge in [0.05, 0.1) is 13.7 Å². The standard InChI is InChI=1S/C19H28N2OS/c1-14-8-10-19(11-9-14)18(2,3)21-17(23-19)20-13-15-6-5-7-16(12-15)22-4/h5-7,12,14H,8-11,13H2,1-4H3,(H,20,21). The van der Waals surface area contributed by atoms with Crippen LogP contribution in [-0.4, -0.2) is 22.6 Å². The largest absolute Gasteiger partial charge is 0.497 e. The first-order valence-electron chi connectivity index (χ1n) is 8.59. The number of nitrogens with one attached hydrogen (secondary N) is 1. The molecule has 0 atom stereocenters. The van der Waals surface area contributed by atoms with Gasteiger partial charge < -0.3 is 10.1 Å². The molecule has 3 rings (SSSR count). The van der Waals surface area contributed by atoms with Crippen LogP contribution in [0.3, 0.4) is 0 Å². The molecule has 0 radical (unpaired) electrons. The van der Waals surface area contributed by atoms with Gasteiger partial charge in [0, 0.05) is 10.3 Å². The molecule has 1 aromatic carbocycles. The minimum absolute atomic E-state index is 0.116. The predicted molar refractivity (Wildman–Crippen MR) is 99.3 cm³/mol. The Kier molecular flexibility index (Phi) is 4.63. The van der Waals surface area contributed by atoms with Crippen LogP contribution in [0.2, 0.25) is 0 Å². The zero-order chi connectivity index (χ0) is 16.5. The first-order valence-corrected chi connectivity index (χ1v) is 9.40. The summed E-state index contributed by atoms with van der Waals surface area (Å²) in [5.74, 6) is 1.77. The zero-order valence-corrected chi connectivity index (χ0v) is 15.5. The Hall–Kier alpha value is -1.16. The van der Waals surface area contributed by atoms with Crippen LogP contribution in [0.15, 0.2) is 29.3 Å². The average Bonchev–Trinajstić information content (AvgIpc) is 2.79. The number of aliphatic imine (C=N–C) groups is 1. The lowest BCUT2D eigenvalue weighted by atomic mass is 9.73. The molecule has 1 heterocycles. The van der Waals surface area contributed by atoms with Gasteiger partial charge in [-0.15, -0.1) is 0 Å². The lowest BCUT2D eigenvalue weighted by Crippen LogP contribution is -2.52. The number of benzene rings is 1. The van der Waals surface area contributed by atoms with Crippen LogP contribution < -0.4 is 10.1 Å². The summed E-state index contributed by atoms with van der Waals surface area (Å²) in [4.78, 5) is 4.85. The summed E-state index contributed by atoms with van der Waals surface area (Å²) in [7, 11) is 1.70. The van der Waals surface area contributed by atoms with Gasteiger partial charge in [-0.2, -0.15) is 0 Å². The van der Waals surface area contributed by atoms with Gasteiger partial charge in [-0.25, -0.2) is 0 Å². The van der Waals surface area contributed by atoms with Gasteiger partial charge in [-0.05, 0) is 63.1 Å². The van der Waals surface area contributed by atoms with E-state index in [-0.39, 0.29) is 5.54 Å². The van der Waals surface area contributed by atoms with Gasteiger partial charge >= 0.3 is 0 Å². The molecule has 0 aromatic heterocycles. The van der Waals surface area contributed by atoms with Gasteiger partial charge in [0.1, 0.15) is 5.75 Å². The topological polar surface area (TPSA) is 33.6 Å². The quantitative estimate of drug-likeness (QED) is 0.877. The smallest absolute Gasteiger partial charge is 0.157 e. The highest BCUT2D eigenvalue weighted by Gasteiger charge is 2.53. The predicted octanol–water partition coefficient (Wildman–Crippen LogP) is 4.62. The maximum atomic E-state index is 5.29. The molecule has 1 spiro atoms. The molecule has 1 aromatic rings. The Morgan fingerprint density at radius 3 is 2.74 bits per heavy atom. The molecule has 1 saturated heterocycles. The van der Waals surface area contributed by atoms with Crippen LogP contribution in [0.1, 0.15) is 52.0 Å². The zero-order valence-electron chi connectivity index (χ0n) is 14.7. The molecular weight excluding hydrogens is 304 g/mol. The van der Waals surface area contributed by atoms with Gasteiger partial charge in [-0.3, -0.25) is 4.99 Å². The molecule has 2 aliphatic rings. The fraction of sp³-hybridized carbons (Fsp3) is 0.632. The van der Waals surface area contributed by atoms with Crippen molar-refractivity contribution in [3.8, 4) is 5.75 Å². The number of thioether (sulfide) groups is 1. The monoisotopic (exact) mass is 332 g/mol. The van der Waals surface area contributed by atoms with Crippen molar-refractivity contribution in [2.45, 2.75) is 63.3 Å². The molecule has 0 unspecified atom stereocenters. The first kappa shape index (κ1) is 16.7. The Bertz CT molecular complexity index is 589. The molecule has 0 amide bonds. The molecule has 23 heavy (non-hydrogen) atoms. The van der Waals surface area contributed by atoms with E-state index in [9.17, 15) is 0 Å². The van der Waals surface area contributed by atoms with Crippen molar-refractivity contribution in [2.24, 2.45) is 10.9 Å². The molecule has 0 bridgehead atoms. The summed E-state index contributed by atoms with van der Waals surface area (Å²) in [6, 6.07) is 8.17. The van der Waals surface area contributed by atoms with E-state index in [2.05, 4.69) is 38.2 Å². The summed E-state index contributed by atoms with van der Waals surface area (Å²) < 4.78 is 5.60. The molecule has 1 N–H and O–H groups in total. The van der Waals surface area contributed by atoms with E-state index in [0.29, 0.717) is 11.3 Å². The molecular formula is C19H28N2OS. The van der Waals surface area contributed by atoms with E-state index in [1.807, 2.05) is 23.9 Å². The lowest BCUT2D eigenvalue weighted by molar-refractivity contribution is 0.231. The van der Waals surface area contributed by atoms with Gasteiger partial charge in [0.15, 0.2) is 5.17 Å². The number of amidine groups is 1. The molecule has 126 valence electrons. The number of hydrogen-bond donors (Lipinski definition) is 1. The van der Waals surface area contributed by atoms with Crippen molar-refractivity contribution in [2.75, 3.05) is 7.11 Å². The SMILES string of the molecule is COc1cccc(CN=C2NC(C)(C)C3(CCC(C)CC3)S2)c1. The average molecular weight is 333 g/mol. The highest BCUT2D eigenvalue weighted by atomic mass is 32.2. The molecule has 1 aliphatic heterocycles. The number of ether oxygens (including phenoxy) is 1. The molecule has 1 aliphatic carbocycles. The van der Waals surface area contributed by atoms with Crippen LogP contribution >= 0.6 is 11.8 Å². The normalized spacial score (nSPS) is 31.3. The van der Waals surface area contributed by atoms with E-state index in [1.165, 1.54) is 31.2 Å². The van der Waals surface area contributed by atoms with Gasteiger partial charge in [-0.1, -0.05) is 30.8 Å². The number of methoxy groups -OCH3 is 1. The van der Waals surface area contributed by atoms with Crippen molar-refractivity contribution < 1.29 is 4.74 Å². The van der Waals surface area contributed by atoms with E-state index in [1.54, 1.807) is 7.11 Å². The summed E-state index contributed by atoms with van der Waals surface area (Å²) in [5, 5.41) is 4.79. The maximum Gasteiger partial charge on any atom is 0.157 e. The van der Waals surface area contributed by atoms with E-state index < -0.39 is 0 Å². The second-order valence-electron chi connectivity index (χ2n) is 7.50. The molecule has 3 nitrogen and oxygen atoms in total. The van der Waals surface area contributed by atoms with Gasteiger partial charge in [0.2, 0.25) is 0 Å². The molecule has 2 fully saturated rings. The fourth-order valence-corrected chi connectivity index (χ4v) is 5.23. The van der Waals surface area contributed by atoms with Crippen molar-refractivity contribution >= 4 is 16.9 Å². The fourth-order valence-electron chi connectivity index (χ4n) is 3.68. The number of nitrogens with zero attached hydrogens (tertiary/aromatic N) is 1. The molecule has 4 heteroatoms. The Balaban J connectivity index is 1.72. The van der Waals surface area contributed by atoms with E-state index in [4.69, 9.17) is 9.73 Å². The van der Waals surface area contributed by atoms with E-state index >= 15 is 0 Å². The second-order valence-corrected chi connectivity index (χ2v) is 8.87.